The summed E-state index contributed by atoms with van der Waals surface area (Å²) in [4.78, 5) is 0. The predicted octanol–water partition coefficient (Wildman–Crippen LogP) is 3.42. The first kappa shape index (κ1) is 15.9. The summed E-state index contributed by atoms with van der Waals surface area (Å²) in [6, 6.07) is 18.7. The van der Waals surface area contributed by atoms with Crippen LogP contribution in [0.3, 0.4) is 0 Å². The maximum atomic E-state index is 2.36. The Kier molecular flexibility index (Phi) is 5.97. The predicted molar refractivity (Wildman–Crippen MR) is 86.0 cm³/mol. The third-order valence-corrected chi connectivity index (χ3v) is 11.7. The van der Waals surface area contributed by atoms with Gasteiger partial charge in [-0.2, -0.15) is 0 Å². The van der Waals surface area contributed by atoms with E-state index in [2.05, 4.69) is 69.3 Å². The van der Waals surface area contributed by atoms with Gasteiger partial charge in [-0.1, -0.05) is 0 Å². The van der Waals surface area contributed by atoms with Gasteiger partial charge in [0.15, 0.2) is 0 Å². The maximum absolute atomic E-state index is 2.36. The Morgan fingerprint density at radius 2 is 1.40 bits per heavy atom. The van der Waals surface area contributed by atoms with Crippen molar-refractivity contribution in [2.45, 2.75) is 39.5 Å². The van der Waals surface area contributed by atoms with Crippen molar-refractivity contribution in [2.24, 2.45) is 0 Å². The molecule has 2 rings (SSSR count). The summed E-state index contributed by atoms with van der Waals surface area (Å²) in [6.45, 7) is 6.76. The Hall–Kier alpha value is -0.473. The first-order valence-electron chi connectivity index (χ1n) is 7.40. The van der Waals surface area contributed by atoms with Gasteiger partial charge in [-0.25, -0.2) is 0 Å². The van der Waals surface area contributed by atoms with E-state index in [1.807, 2.05) is 0 Å². The molecule has 0 saturated heterocycles. The second kappa shape index (κ2) is 7.51. The van der Waals surface area contributed by atoms with E-state index in [-0.39, 0.29) is 0 Å². The van der Waals surface area contributed by atoms with E-state index in [1.165, 1.54) is 47.0 Å². The molecule has 100 valence electrons. The molecule has 0 fully saturated rings. The molecule has 0 aliphatic rings. The Balaban J connectivity index is 2.17. The van der Waals surface area contributed by atoms with Crippen LogP contribution in [0.5, 0.6) is 0 Å². The van der Waals surface area contributed by atoms with Crippen LogP contribution in [0, 0.1) is 0 Å². The summed E-state index contributed by atoms with van der Waals surface area (Å²) in [6.07, 6.45) is 2.43. The van der Waals surface area contributed by atoms with Crippen molar-refractivity contribution in [3.8, 4) is 0 Å². The van der Waals surface area contributed by atoms with Crippen LogP contribution in [-0.2, 0) is 29.4 Å². The SMILES string of the molecule is CCCc1ccc([Si](=[Hf+2])c2ccc(C(C)C)cc2)cc1. The van der Waals surface area contributed by atoms with Crippen LogP contribution in [-0.4, -0.2) is 5.49 Å². The van der Waals surface area contributed by atoms with Crippen LogP contribution < -0.4 is 10.4 Å². The zero-order chi connectivity index (χ0) is 14.5. The fraction of sp³-hybridized carbons (Fsp3) is 0.333. The third-order valence-electron chi connectivity index (χ3n) is 3.65. The topological polar surface area (TPSA) is 0 Å². The molecule has 0 unspecified atom stereocenters. The number of aryl methyl sites for hydroxylation is 1. The van der Waals surface area contributed by atoms with E-state index in [1.54, 1.807) is 10.4 Å². The first-order chi connectivity index (χ1) is 9.61. The number of hydrogen-bond acceptors (Lipinski definition) is 0. The molecule has 0 nitrogen and oxygen atoms in total. The van der Waals surface area contributed by atoms with Crippen LogP contribution in [0.15, 0.2) is 48.5 Å². The summed E-state index contributed by atoms with van der Waals surface area (Å²) < 4.78 is 0. The number of benzene rings is 2. The summed E-state index contributed by atoms with van der Waals surface area (Å²) in [5, 5.41) is 3.13. The molecule has 0 atom stereocenters. The van der Waals surface area contributed by atoms with Crippen molar-refractivity contribution < 1.29 is 23.0 Å². The minimum atomic E-state index is -0.479. The van der Waals surface area contributed by atoms with E-state index in [0.29, 0.717) is 5.92 Å². The molecular weight excluding hydrogens is 423 g/mol. The van der Waals surface area contributed by atoms with Crippen LogP contribution in [0.4, 0.5) is 0 Å². The number of hydrogen-bond donors (Lipinski definition) is 0. The molecule has 2 aromatic rings. The quantitative estimate of drug-likeness (QED) is 0.620. The number of rotatable bonds is 5. The van der Waals surface area contributed by atoms with Crippen molar-refractivity contribution in [3.63, 3.8) is 0 Å². The molecule has 2 heteroatoms. The van der Waals surface area contributed by atoms with Gasteiger partial charge in [0, 0.05) is 0 Å². The summed E-state index contributed by atoms with van der Waals surface area (Å²) in [7, 11) is 0. The molecular formula is C18H22HfSi+2. The van der Waals surface area contributed by atoms with Crippen molar-refractivity contribution in [3.05, 3.63) is 59.7 Å². The Morgan fingerprint density at radius 3 is 1.85 bits per heavy atom. The molecule has 0 N–H and O–H groups in total. The average molecular weight is 445 g/mol. The van der Waals surface area contributed by atoms with Gasteiger partial charge in [-0.15, -0.1) is 0 Å². The van der Waals surface area contributed by atoms with E-state index >= 15 is 0 Å². The minimum absolute atomic E-state index is 0.479. The molecule has 0 heterocycles. The fourth-order valence-corrected chi connectivity index (χ4v) is 7.25. The van der Waals surface area contributed by atoms with Gasteiger partial charge in [0.25, 0.3) is 0 Å². The Labute approximate surface area is 137 Å². The molecule has 2 aromatic carbocycles. The Morgan fingerprint density at radius 1 is 0.900 bits per heavy atom. The van der Waals surface area contributed by atoms with E-state index in [4.69, 9.17) is 0 Å². The third kappa shape index (κ3) is 4.02. The Bertz CT molecular complexity index is 567. The molecule has 20 heavy (non-hydrogen) atoms. The van der Waals surface area contributed by atoms with Crippen LogP contribution >= 0.6 is 0 Å². The van der Waals surface area contributed by atoms with Gasteiger partial charge in [-0.3, -0.25) is 0 Å². The first-order valence-corrected chi connectivity index (χ1v) is 14.3. The molecule has 0 aliphatic carbocycles. The molecule has 0 amide bonds. The summed E-state index contributed by atoms with van der Waals surface area (Å²) >= 11 is 1.26. The van der Waals surface area contributed by atoms with E-state index in [9.17, 15) is 0 Å². The van der Waals surface area contributed by atoms with Gasteiger partial charge < -0.3 is 0 Å². The summed E-state index contributed by atoms with van der Waals surface area (Å²) in [5.74, 6) is 0.627. The van der Waals surface area contributed by atoms with Crippen LogP contribution in [0.2, 0.25) is 0 Å². The monoisotopic (exact) mass is 446 g/mol. The van der Waals surface area contributed by atoms with Crippen LogP contribution in [0.25, 0.3) is 0 Å². The zero-order valence-corrected chi connectivity index (χ0v) is 17.2. The average Bonchev–Trinajstić information content (AvgIpc) is 2.48. The normalized spacial score (nSPS) is 10.9. The van der Waals surface area contributed by atoms with Gasteiger partial charge in [0.2, 0.25) is 0 Å². The van der Waals surface area contributed by atoms with Gasteiger partial charge in [-0.05, 0) is 0 Å². The standard InChI is InChI=1S/C18H22Si.Hf/c1-4-5-15-6-10-17(11-7-15)19-18-12-8-16(9-13-18)14(2)3;/h6-14H,4-5H2,1-3H3;/q;+2. The van der Waals surface area contributed by atoms with Crippen LogP contribution in [0.1, 0.15) is 44.2 Å². The molecule has 0 spiro atoms. The molecule has 0 aliphatic heterocycles. The van der Waals surface area contributed by atoms with Crippen molar-refractivity contribution in [1.82, 2.24) is 0 Å². The van der Waals surface area contributed by atoms with Gasteiger partial charge in [0.05, 0.1) is 0 Å². The van der Waals surface area contributed by atoms with E-state index < -0.39 is 5.49 Å². The molecule has 0 bridgehead atoms. The fourth-order valence-electron chi connectivity index (χ4n) is 2.33. The van der Waals surface area contributed by atoms with Crippen molar-refractivity contribution in [1.29, 1.82) is 0 Å². The zero-order valence-electron chi connectivity index (χ0n) is 12.6. The second-order valence-electron chi connectivity index (χ2n) is 5.60. The molecule has 0 saturated carbocycles. The van der Waals surface area contributed by atoms with Gasteiger partial charge >= 0.3 is 138 Å². The van der Waals surface area contributed by atoms with Crippen molar-refractivity contribution >= 4 is 15.9 Å². The molecule has 0 radical (unpaired) electrons. The van der Waals surface area contributed by atoms with Crippen molar-refractivity contribution in [2.75, 3.05) is 0 Å². The van der Waals surface area contributed by atoms with Gasteiger partial charge in [0.1, 0.15) is 0 Å². The second-order valence-corrected chi connectivity index (χ2v) is 12.9. The summed E-state index contributed by atoms with van der Waals surface area (Å²) in [5.41, 5.74) is 2.44. The van der Waals surface area contributed by atoms with E-state index in [0.717, 1.165) is 0 Å². The molecule has 0 aromatic heterocycles.